The zero-order valence-corrected chi connectivity index (χ0v) is 30.6. The van der Waals surface area contributed by atoms with Gasteiger partial charge in [0, 0.05) is 47.9 Å². The molecule has 0 bridgehead atoms. The van der Waals surface area contributed by atoms with Crippen molar-refractivity contribution in [2.75, 3.05) is 4.90 Å². The molecule has 258 valence electrons. The molecule has 0 atom stereocenters. The van der Waals surface area contributed by atoms with Gasteiger partial charge in [-0.05, 0) is 105 Å². The van der Waals surface area contributed by atoms with Crippen LogP contribution in [0.3, 0.4) is 0 Å². The number of benzene rings is 9. The van der Waals surface area contributed by atoms with Crippen LogP contribution in [0.5, 0.6) is 0 Å². The Morgan fingerprint density at radius 2 is 1.00 bits per heavy atom. The molecule has 0 N–H and O–H groups in total. The fourth-order valence-corrected chi connectivity index (χ4v) is 9.28. The summed E-state index contributed by atoms with van der Waals surface area (Å²) in [5.74, 6) is 0. The van der Waals surface area contributed by atoms with Gasteiger partial charge in [0.2, 0.25) is 0 Å². The van der Waals surface area contributed by atoms with Crippen molar-refractivity contribution in [2.24, 2.45) is 0 Å². The summed E-state index contributed by atoms with van der Waals surface area (Å²) >= 11 is 1.86. The quantitative estimate of drug-likeness (QED) is 0.170. The van der Waals surface area contributed by atoms with Crippen molar-refractivity contribution >= 4 is 81.3 Å². The van der Waals surface area contributed by atoms with Crippen LogP contribution < -0.4 is 4.90 Å². The molecule has 0 saturated heterocycles. The van der Waals surface area contributed by atoms with Crippen molar-refractivity contribution in [3.8, 4) is 33.4 Å². The highest BCUT2D eigenvalue weighted by Crippen LogP contribution is 2.44. The second kappa shape index (κ2) is 12.9. The molecule has 0 fully saturated rings. The first-order valence-corrected chi connectivity index (χ1v) is 19.5. The Kier molecular flexibility index (Phi) is 7.39. The average Bonchev–Trinajstić information content (AvgIpc) is 3.82. The van der Waals surface area contributed by atoms with E-state index in [-0.39, 0.29) is 0 Å². The van der Waals surface area contributed by atoms with E-state index < -0.39 is 0 Å². The molecule has 0 radical (unpaired) electrons. The Hall–Kier alpha value is -6.94. The van der Waals surface area contributed by atoms with Gasteiger partial charge >= 0.3 is 0 Å². The molecule has 3 heteroatoms. The number of furan rings is 1. The molecule has 9 aromatic carbocycles. The molecule has 11 rings (SSSR count). The SMILES string of the molecule is c1cc(-c2ccc3c(c2)sc2ccccc23)cc(N(c2ccc(-c3ccc4c(c3)oc3ccccc34)cc2)c2ccccc2-c2ccc3ccccc3c2)c1. The van der Waals surface area contributed by atoms with Crippen molar-refractivity contribution in [1.82, 2.24) is 0 Å². The third kappa shape index (κ3) is 5.48. The van der Waals surface area contributed by atoms with E-state index in [2.05, 4.69) is 193 Å². The summed E-state index contributed by atoms with van der Waals surface area (Å²) in [6, 6.07) is 72.4. The van der Waals surface area contributed by atoms with Gasteiger partial charge in [0.1, 0.15) is 11.2 Å². The molecule has 55 heavy (non-hydrogen) atoms. The Balaban J connectivity index is 1.04. The minimum absolute atomic E-state index is 0.902. The van der Waals surface area contributed by atoms with Crippen LogP contribution >= 0.6 is 11.3 Å². The van der Waals surface area contributed by atoms with Crippen molar-refractivity contribution in [3.05, 3.63) is 200 Å². The van der Waals surface area contributed by atoms with Crippen molar-refractivity contribution < 1.29 is 4.42 Å². The highest BCUT2D eigenvalue weighted by atomic mass is 32.1. The van der Waals surface area contributed by atoms with E-state index in [4.69, 9.17) is 4.42 Å². The summed E-state index contributed by atoms with van der Waals surface area (Å²) < 4.78 is 8.88. The lowest BCUT2D eigenvalue weighted by atomic mass is 9.98. The Labute approximate surface area is 322 Å². The third-order valence-corrected chi connectivity index (χ3v) is 12.0. The first-order chi connectivity index (χ1) is 27.2. The smallest absolute Gasteiger partial charge is 0.136 e. The van der Waals surface area contributed by atoms with Crippen LogP contribution in [0.25, 0.3) is 86.3 Å². The predicted molar refractivity (Wildman–Crippen MR) is 235 cm³/mol. The molecule has 0 aliphatic carbocycles. The van der Waals surface area contributed by atoms with E-state index in [0.29, 0.717) is 0 Å². The topological polar surface area (TPSA) is 16.4 Å². The highest BCUT2D eigenvalue weighted by molar-refractivity contribution is 7.25. The largest absolute Gasteiger partial charge is 0.456 e. The lowest BCUT2D eigenvalue weighted by molar-refractivity contribution is 0.669. The van der Waals surface area contributed by atoms with E-state index in [0.717, 1.165) is 50.1 Å². The number of nitrogens with zero attached hydrogens (tertiary/aromatic N) is 1. The second-order valence-electron chi connectivity index (χ2n) is 14.1. The Morgan fingerprint density at radius 1 is 0.345 bits per heavy atom. The lowest BCUT2D eigenvalue weighted by Crippen LogP contribution is -2.11. The van der Waals surface area contributed by atoms with Gasteiger partial charge in [-0.25, -0.2) is 0 Å². The molecule has 0 aliphatic rings. The molecule has 2 aromatic heterocycles. The van der Waals surface area contributed by atoms with Gasteiger partial charge in [-0.15, -0.1) is 11.3 Å². The minimum atomic E-state index is 0.902. The summed E-state index contributed by atoms with van der Waals surface area (Å²) in [6.45, 7) is 0. The summed E-state index contributed by atoms with van der Waals surface area (Å²) in [6.07, 6.45) is 0. The molecular weight excluding hydrogens is 687 g/mol. The summed E-state index contributed by atoms with van der Waals surface area (Å²) in [7, 11) is 0. The fraction of sp³-hybridized carbons (Fsp3) is 0. The lowest BCUT2D eigenvalue weighted by Gasteiger charge is -2.28. The normalized spacial score (nSPS) is 11.6. The minimum Gasteiger partial charge on any atom is -0.456 e. The van der Waals surface area contributed by atoms with E-state index in [1.54, 1.807) is 0 Å². The van der Waals surface area contributed by atoms with E-state index in [1.165, 1.54) is 53.2 Å². The summed E-state index contributed by atoms with van der Waals surface area (Å²) in [4.78, 5) is 2.40. The summed E-state index contributed by atoms with van der Waals surface area (Å²) in [5.41, 5.74) is 12.1. The number of fused-ring (bicyclic) bond motifs is 7. The van der Waals surface area contributed by atoms with Crippen LogP contribution in [0.1, 0.15) is 0 Å². The van der Waals surface area contributed by atoms with Gasteiger partial charge in [0.15, 0.2) is 0 Å². The van der Waals surface area contributed by atoms with Crippen molar-refractivity contribution in [1.29, 1.82) is 0 Å². The molecule has 0 spiro atoms. The Morgan fingerprint density at radius 3 is 1.91 bits per heavy atom. The van der Waals surface area contributed by atoms with Crippen LogP contribution in [-0.2, 0) is 0 Å². The molecular formula is C52H33NOS. The number of hydrogen-bond acceptors (Lipinski definition) is 3. The number of thiophene rings is 1. The molecule has 0 unspecified atom stereocenters. The van der Waals surface area contributed by atoms with Gasteiger partial charge in [-0.3, -0.25) is 0 Å². The highest BCUT2D eigenvalue weighted by Gasteiger charge is 2.19. The first-order valence-electron chi connectivity index (χ1n) is 18.7. The van der Waals surface area contributed by atoms with Crippen LogP contribution in [0.15, 0.2) is 205 Å². The Bertz CT molecular complexity index is 3220. The summed E-state index contributed by atoms with van der Waals surface area (Å²) in [5, 5.41) is 7.38. The van der Waals surface area contributed by atoms with Crippen molar-refractivity contribution in [2.45, 2.75) is 0 Å². The molecule has 0 saturated carbocycles. The monoisotopic (exact) mass is 719 g/mol. The van der Waals surface area contributed by atoms with E-state index in [1.807, 2.05) is 23.5 Å². The maximum Gasteiger partial charge on any atom is 0.136 e. The van der Waals surface area contributed by atoms with Gasteiger partial charge in [-0.2, -0.15) is 0 Å². The second-order valence-corrected chi connectivity index (χ2v) is 15.2. The maximum atomic E-state index is 6.25. The molecule has 2 nitrogen and oxygen atoms in total. The molecule has 0 aliphatic heterocycles. The van der Waals surface area contributed by atoms with Crippen molar-refractivity contribution in [3.63, 3.8) is 0 Å². The fourth-order valence-electron chi connectivity index (χ4n) is 8.14. The molecule has 2 heterocycles. The van der Waals surface area contributed by atoms with Crippen LogP contribution in [0, 0.1) is 0 Å². The van der Waals surface area contributed by atoms with Crippen LogP contribution in [0.4, 0.5) is 17.1 Å². The third-order valence-electron chi connectivity index (χ3n) is 10.9. The van der Waals surface area contributed by atoms with Gasteiger partial charge in [0.05, 0.1) is 5.69 Å². The number of para-hydroxylation sites is 2. The van der Waals surface area contributed by atoms with Gasteiger partial charge < -0.3 is 9.32 Å². The van der Waals surface area contributed by atoms with Crippen LogP contribution in [-0.4, -0.2) is 0 Å². The van der Waals surface area contributed by atoms with Gasteiger partial charge in [0.25, 0.3) is 0 Å². The predicted octanol–water partition coefficient (Wildman–Crippen LogP) is 15.6. The zero-order valence-electron chi connectivity index (χ0n) is 29.8. The molecule has 11 aromatic rings. The van der Waals surface area contributed by atoms with Crippen LogP contribution in [0.2, 0.25) is 0 Å². The standard InChI is InChI=1S/C52H33NOS/c1-2-11-36-30-40(21-20-34(36)10-1)43-14-3-6-17-48(43)53(41-26-22-35(23-27-41)38-24-28-45-44-15-4-7-18-49(44)54-50(45)32-38)42-13-9-12-37(31-42)39-25-29-47-46-16-5-8-19-51(46)55-52(47)33-39/h1-33H. The first kappa shape index (κ1) is 31.6. The van der Waals surface area contributed by atoms with E-state index >= 15 is 0 Å². The number of anilines is 3. The average molecular weight is 720 g/mol. The molecule has 0 amide bonds. The zero-order chi connectivity index (χ0) is 36.3. The van der Waals surface area contributed by atoms with Gasteiger partial charge in [-0.1, -0.05) is 133 Å². The maximum absolute atomic E-state index is 6.25. The van der Waals surface area contributed by atoms with E-state index in [9.17, 15) is 0 Å². The number of hydrogen-bond donors (Lipinski definition) is 0. The number of rotatable bonds is 6.